The molecule has 1 aliphatic heterocycles. The first-order chi connectivity index (χ1) is 11.2. The Hall–Kier alpha value is -2.58. The lowest BCUT2D eigenvalue weighted by Gasteiger charge is -2.31. The van der Waals surface area contributed by atoms with Gasteiger partial charge in [-0.3, -0.25) is 0 Å². The molecule has 1 aliphatic rings. The number of piperidine rings is 1. The number of hydrogen-bond acceptors (Lipinski definition) is 8. The number of nitrogens with zero attached hydrogens (tertiary/aromatic N) is 8. The van der Waals surface area contributed by atoms with E-state index in [0.29, 0.717) is 11.5 Å². The largest absolute Gasteiger partial charge is 0.354 e. The van der Waals surface area contributed by atoms with Gasteiger partial charge in [-0.25, -0.2) is 0 Å². The first kappa shape index (κ1) is 14.0. The minimum Gasteiger partial charge on any atom is -0.354 e. The molecule has 0 amide bonds. The Labute approximate surface area is 132 Å². The molecule has 1 unspecified atom stereocenters. The molecule has 0 aliphatic carbocycles. The van der Waals surface area contributed by atoms with E-state index >= 15 is 0 Å². The molecule has 4 rings (SSSR count). The summed E-state index contributed by atoms with van der Waals surface area (Å²) in [4.78, 5) is 6.76. The average Bonchev–Trinajstić information content (AvgIpc) is 3.23. The summed E-state index contributed by atoms with van der Waals surface area (Å²) in [6.45, 7) is 5.87. The van der Waals surface area contributed by atoms with Crippen molar-refractivity contribution in [1.82, 2.24) is 35.4 Å². The molecular formula is C14H18N8O. The lowest BCUT2D eigenvalue weighted by molar-refractivity contribution is 0.354. The maximum atomic E-state index is 5.34. The van der Waals surface area contributed by atoms with E-state index < -0.39 is 0 Å². The highest BCUT2D eigenvalue weighted by atomic mass is 16.5. The van der Waals surface area contributed by atoms with Crippen LogP contribution in [0.1, 0.15) is 50.2 Å². The summed E-state index contributed by atoms with van der Waals surface area (Å²) < 4.78 is 6.79. The summed E-state index contributed by atoms with van der Waals surface area (Å²) in [6.07, 6.45) is 2.12. The number of anilines is 1. The van der Waals surface area contributed by atoms with Crippen LogP contribution < -0.4 is 4.90 Å². The molecule has 3 aromatic heterocycles. The number of tetrazole rings is 1. The topological polar surface area (TPSA) is 98.1 Å². The summed E-state index contributed by atoms with van der Waals surface area (Å²) in [5, 5.41) is 20.0. The van der Waals surface area contributed by atoms with Gasteiger partial charge in [0.2, 0.25) is 5.89 Å². The Morgan fingerprint density at radius 1 is 1.30 bits per heavy atom. The van der Waals surface area contributed by atoms with Crippen LogP contribution in [0.4, 0.5) is 5.82 Å². The monoisotopic (exact) mass is 314 g/mol. The second kappa shape index (κ2) is 5.56. The minimum absolute atomic E-state index is 0.250. The second-order valence-electron chi connectivity index (χ2n) is 6.15. The summed E-state index contributed by atoms with van der Waals surface area (Å²) in [6, 6.07) is 3.82. The van der Waals surface area contributed by atoms with Crippen LogP contribution in [0.5, 0.6) is 0 Å². The average molecular weight is 314 g/mol. The quantitative estimate of drug-likeness (QED) is 0.715. The zero-order valence-corrected chi connectivity index (χ0v) is 13.1. The minimum atomic E-state index is 0.250. The van der Waals surface area contributed by atoms with E-state index in [9.17, 15) is 0 Å². The molecule has 1 atom stereocenters. The molecule has 9 nitrogen and oxygen atoms in total. The number of aromatic nitrogens is 7. The van der Waals surface area contributed by atoms with Gasteiger partial charge in [0.1, 0.15) is 0 Å². The lowest BCUT2D eigenvalue weighted by atomic mass is 9.97. The van der Waals surface area contributed by atoms with E-state index in [2.05, 4.69) is 49.5 Å². The second-order valence-corrected chi connectivity index (χ2v) is 6.15. The Morgan fingerprint density at radius 2 is 2.22 bits per heavy atom. The van der Waals surface area contributed by atoms with E-state index in [-0.39, 0.29) is 11.8 Å². The molecule has 0 bridgehead atoms. The van der Waals surface area contributed by atoms with Crippen LogP contribution >= 0.6 is 0 Å². The van der Waals surface area contributed by atoms with Crippen LogP contribution in [-0.2, 0) is 0 Å². The van der Waals surface area contributed by atoms with Crippen LogP contribution in [0.2, 0.25) is 0 Å². The van der Waals surface area contributed by atoms with Gasteiger partial charge in [0.05, 0.1) is 0 Å². The highest BCUT2D eigenvalue weighted by molar-refractivity contribution is 5.44. The fraction of sp³-hybridized carbons (Fsp3) is 0.571. The van der Waals surface area contributed by atoms with E-state index in [0.717, 1.165) is 37.6 Å². The highest BCUT2D eigenvalue weighted by Gasteiger charge is 2.27. The van der Waals surface area contributed by atoms with Crippen molar-refractivity contribution in [2.75, 3.05) is 18.0 Å². The van der Waals surface area contributed by atoms with Crippen LogP contribution in [-0.4, -0.2) is 48.5 Å². The van der Waals surface area contributed by atoms with Gasteiger partial charge in [-0.1, -0.05) is 19.0 Å². The third-order valence-corrected chi connectivity index (χ3v) is 4.12. The predicted molar refractivity (Wildman–Crippen MR) is 81.2 cm³/mol. The van der Waals surface area contributed by atoms with E-state index in [1.54, 1.807) is 0 Å². The molecule has 0 aromatic carbocycles. The van der Waals surface area contributed by atoms with Gasteiger partial charge < -0.3 is 9.42 Å². The zero-order valence-electron chi connectivity index (χ0n) is 13.1. The molecule has 1 fully saturated rings. The molecule has 0 radical (unpaired) electrons. The molecule has 0 spiro atoms. The van der Waals surface area contributed by atoms with Gasteiger partial charge in [0.25, 0.3) is 0 Å². The maximum Gasteiger partial charge on any atom is 0.229 e. The Morgan fingerprint density at radius 3 is 3.04 bits per heavy atom. The Kier molecular flexibility index (Phi) is 3.40. The molecule has 3 aromatic rings. The number of hydrogen-bond donors (Lipinski definition) is 0. The van der Waals surface area contributed by atoms with Crippen LogP contribution in [0.15, 0.2) is 16.7 Å². The van der Waals surface area contributed by atoms with Gasteiger partial charge in [-0.15, -0.1) is 14.8 Å². The van der Waals surface area contributed by atoms with Crippen LogP contribution in [0.3, 0.4) is 0 Å². The van der Waals surface area contributed by atoms with E-state index in [1.807, 2.05) is 12.1 Å². The zero-order chi connectivity index (χ0) is 15.8. The van der Waals surface area contributed by atoms with Crippen molar-refractivity contribution in [1.29, 1.82) is 0 Å². The van der Waals surface area contributed by atoms with Crippen molar-refractivity contribution in [3.05, 3.63) is 23.8 Å². The molecule has 1 saturated heterocycles. The van der Waals surface area contributed by atoms with Gasteiger partial charge in [-0.05, 0) is 35.4 Å². The first-order valence-electron chi connectivity index (χ1n) is 7.84. The van der Waals surface area contributed by atoms with Gasteiger partial charge in [0.15, 0.2) is 17.3 Å². The van der Waals surface area contributed by atoms with E-state index in [1.165, 1.54) is 4.63 Å². The molecule has 120 valence electrons. The van der Waals surface area contributed by atoms with Gasteiger partial charge in [-0.2, -0.15) is 4.98 Å². The summed E-state index contributed by atoms with van der Waals surface area (Å²) in [7, 11) is 0. The fourth-order valence-corrected chi connectivity index (χ4v) is 2.85. The molecular weight excluding hydrogens is 296 g/mol. The Balaban J connectivity index is 1.55. The van der Waals surface area contributed by atoms with Crippen LogP contribution in [0.25, 0.3) is 5.65 Å². The van der Waals surface area contributed by atoms with Crippen molar-refractivity contribution in [3.63, 3.8) is 0 Å². The summed E-state index contributed by atoms with van der Waals surface area (Å²) in [5.74, 6) is 2.86. The Bertz CT molecular complexity index is 810. The molecule has 0 N–H and O–H groups in total. The molecule has 9 heteroatoms. The molecule has 0 saturated carbocycles. The highest BCUT2D eigenvalue weighted by Crippen LogP contribution is 2.28. The maximum absolute atomic E-state index is 5.34. The van der Waals surface area contributed by atoms with E-state index in [4.69, 9.17) is 4.52 Å². The number of fused-ring (bicyclic) bond motifs is 1. The van der Waals surface area contributed by atoms with Gasteiger partial charge >= 0.3 is 0 Å². The lowest BCUT2D eigenvalue weighted by Crippen LogP contribution is -2.35. The smallest absolute Gasteiger partial charge is 0.229 e. The SMILES string of the molecule is CC(C)c1nc(C2CCCN(c3ccc4nnnn4n3)C2)no1. The van der Waals surface area contributed by atoms with Crippen molar-refractivity contribution in [3.8, 4) is 0 Å². The standard InChI is InChI=1S/C14H18N8O/c1-9(2)14-15-13(18-23-14)10-4-3-7-21(8-10)12-6-5-11-16-19-20-22(11)17-12/h5-6,9-10H,3-4,7-8H2,1-2H3. The van der Waals surface area contributed by atoms with Crippen molar-refractivity contribution >= 4 is 11.5 Å². The third-order valence-electron chi connectivity index (χ3n) is 4.12. The normalized spacial score (nSPS) is 18.9. The summed E-state index contributed by atoms with van der Waals surface area (Å²) in [5.41, 5.74) is 0.641. The van der Waals surface area contributed by atoms with Crippen molar-refractivity contribution in [2.24, 2.45) is 0 Å². The molecule has 4 heterocycles. The van der Waals surface area contributed by atoms with Crippen LogP contribution in [0, 0.1) is 0 Å². The van der Waals surface area contributed by atoms with Crippen molar-refractivity contribution in [2.45, 2.75) is 38.5 Å². The third kappa shape index (κ3) is 2.62. The molecule has 23 heavy (non-hydrogen) atoms. The number of rotatable bonds is 3. The van der Waals surface area contributed by atoms with Gasteiger partial charge in [0, 0.05) is 24.9 Å². The first-order valence-corrected chi connectivity index (χ1v) is 7.84. The predicted octanol–water partition coefficient (Wildman–Crippen LogP) is 1.41. The summed E-state index contributed by atoms with van der Waals surface area (Å²) >= 11 is 0. The van der Waals surface area contributed by atoms with Crippen molar-refractivity contribution < 1.29 is 4.52 Å². The fourth-order valence-electron chi connectivity index (χ4n) is 2.85.